The van der Waals surface area contributed by atoms with E-state index in [-0.39, 0.29) is 6.42 Å². The number of ether oxygens (including phenoxy) is 1. The fraction of sp³-hybridized carbons (Fsp3) is 0.278. The van der Waals surface area contributed by atoms with Gasteiger partial charge in [0.05, 0.1) is 0 Å². The quantitative estimate of drug-likeness (QED) is 0.738. The number of rotatable bonds is 6. The van der Waals surface area contributed by atoms with E-state index in [9.17, 15) is 18.0 Å². The number of Topliss-reactive ketones (excluding diaryl/α,β-unsaturated/α-hetero) is 1. The van der Waals surface area contributed by atoms with Gasteiger partial charge in [-0.05, 0) is 12.5 Å². The molecule has 23 heavy (non-hydrogen) atoms. The van der Waals surface area contributed by atoms with Crippen LogP contribution >= 0.6 is 0 Å². The summed E-state index contributed by atoms with van der Waals surface area (Å²) in [5, 5.41) is 0. The molecule has 2 aromatic carbocycles. The van der Waals surface area contributed by atoms with Gasteiger partial charge in [-0.25, -0.2) is 0 Å². The minimum atomic E-state index is -4.47. The number of hydrogen-bond acceptors (Lipinski definition) is 2. The summed E-state index contributed by atoms with van der Waals surface area (Å²) in [6.45, 7) is 0.471. The molecule has 0 aliphatic carbocycles. The number of ketones is 1. The molecule has 0 fully saturated rings. The molecule has 0 aromatic heterocycles. The van der Waals surface area contributed by atoms with Crippen molar-refractivity contribution in [3.8, 4) is 0 Å². The maximum absolute atomic E-state index is 12.4. The lowest BCUT2D eigenvalue weighted by Gasteiger charge is -2.18. The minimum Gasteiger partial charge on any atom is -0.360 e. The normalized spacial score (nSPS) is 12.9. The van der Waals surface area contributed by atoms with Gasteiger partial charge in [0.2, 0.25) is 0 Å². The van der Waals surface area contributed by atoms with Crippen molar-refractivity contribution in [2.75, 3.05) is 6.61 Å². The Hall–Kier alpha value is -2.14. The molecule has 0 saturated heterocycles. The van der Waals surface area contributed by atoms with Crippen molar-refractivity contribution >= 4 is 5.78 Å². The molecule has 0 N–H and O–H groups in total. The first-order valence-electron chi connectivity index (χ1n) is 7.18. The van der Waals surface area contributed by atoms with Crippen molar-refractivity contribution in [1.29, 1.82) is 0 Å². The van der Waals surface area contributed by atoms with E-state index in [1.807, 2.05) is 19.1 Å². The smallest absolute Gasteiger partial charge is 0.360 e. The number of carbonyl (C=O) groups excluding carboxylic acids is 1. The topological polar surface area (TPSA) is 26.3 Å². The summed E-state index contributed by atoms with van der Waals surface area (Å²) < 4.78 is 42.2. The highest BCUT2D eigenvalue weighted by atomic mass is 19.4. The fourth-order valence-electron chi connectivity index (χ4n) is 2.15. The van der Waals surface area contributed by atoms with Crippen LogP contribution in [0.15, 0.2) is 54.6 Å². The molecule has 0 radical (unpaired) electrons. The predicted molar refractivity (Wildman–Crippen MR) is 81.5 cm³/mol. The second kappa shape index (κ2) is 7.42. The second-order valence-corrected chi connectivity index (χ2v) is 5.33. The van der Waals surface area contributed by atoms with Crippen molar-refractivity contribution in [3.05, 3.63) is 71.3 Å². The highest BCUT2D eigenvalue weighted by Crippen LogP contribution is 2.19. The van der Waals surface area contributed by atoms with E-state index >= 15 is 0 Å². The molecule has 2 rings (SSSR count). The molecule has 0 spiro atoms. The standard InChI is InChI=1S/C18H17F3O2/c1-13-7-9-14(10-8-13)11-16(23-12-18(19,20)21)17(22)15-5-3-2-4-6-15/h2-10,16H,11-12H2,1H3. The van der Waals surface area contributed by atoms with Crippen LogP contribution in [0.3, 0.4) is 0 Å². The number of alkyl halides is 3. The van der Waals surface area contributed by atoms with Gasteiger partial charge in [-0.3, -0.25) is 4.79 Å². The van der Waals surface area contributed by atoms with Gasteiger partial charge in [-0.2, -0.15) is 13.2 Å². The first-order valence-corrected chi connectivity index (χ1v) is 7.18. The van der Waals surface area contributed by atoms with E-state index < -0.39 is 24.7 Å². The number of hydrogen-bond donors (Lipinski definition) is 0. The molecule has 2 nitrogen and oxygen atoms in total. The summed E-state index contributed by atoms with van der Waals surface area (Å²) in [7, 11) is 0. The van der Waals surface area contributed by atoms with Crippen LogP contribution in [0.25, 0.3) is 0 Å². The Morgan fingerprint density at radius 3 is 2.22 bits per heavy atom. The first kappa shape index (κ1) is 17.2. The SMILES string of the molecule is Cc1ccc(CC(OCC(F)(F)F)C(=O)c2ccccc2)cc1. The van der Waals surface area contributed by atoms with Crippen LogP contribution in [0.1, 0.15) is 21.5 Å². The highest BCUT2D eigenvalue weighted by Gasteiger charge is 2.31. The van der Waals surface area contributed by atoms with Crippen LogP contribution in [-0.2, 0) is 11.2 Å². The van der Waals surface area contributed by atoms with Crippen LogP contribution < -0.4 is 0 Å². The maximum atomic E-state index is 12.4. The molecule has 1 unspecified atom stereocenters. The highest BCUT2D eigenvalue weighted by molar-refractivity contribution is 5.99. The van der Waals surface area contributed by atoms with Gasteiger partial charge >= 0.3 is 6.18 Å². The third kappa shape index (κ3) is 5.53. The zero-order valence-electron chi connectivity index (χ0n) is 12.6. The summed E-state index contributed by atoms with van der Waals surface area (Å²) >= 11 is 0. The van der Waals surface area contributed by atoms with Crippen molar-refractivity contribution in [2.45, 2.75) is 25.6 Å². The Kier molecular flexibility index (Phi) is 5.55. The lowest BCUT2D eigenvalue weighted by atomic mass is 9.99. The van der Waals surface area contributed by atoms with E-state index in [0.29, 0.717) is 5.56 Å². The fourth-order valence-corrected chi connectivity index (χ4v) is 2.15. The Bertz CT molecular complexity index is 634. The van der Waals surface area contributed by atoms with Gasteiger partial charge in [-0.1, -0.05) is 60.2 Å². The van der Waals surface area contributed by atoms with Gasteiger partial charge in [-0.15, -0.1) is 0 Å². The molecule has 0 bridgehead atoms. The molecule has 122 valence electrons. The zero-order chi connectivity index (χ0) is 16.9. The molecule has 0 aliphatic rings. The third-order valence-corrected chi connectivity index (χ3v) is 3.34. The lowest BCUT2D eigenvalue weighted by molar-refractivity contribution is -0.180. The largest absolute Gasteiger partial charge is 0.411 e. The first-order chi connectivity index (χ1) is 10.8. The van der Waals surface area contributed by atoms with Crippen LogP contribution in [-0.4, -0.2) is 24.7 Å². The maximum Gasteiger partial charge on any atom is 0.411 e. The number of benzene rings is 2. The molecule has 0 aliphatic heterocycles. The number of aryl methyl sites for hydroxylation is 1. The van der Waals surface area contributed by atoms with Gasteiger partial charge in [0.1, 0.15) is 12.7 Å². The minimum absolute atomic E-state index is 0.101. The summed E-state index contributed by atoms with van der Waals surface area (Å²) in [6, 6.07) is 15.5. The van der Waals surface area contributed by atoms with Crippen LogP contribution in [0, 0.1) is 6.92 Å². The van der Waals surface area contributed by atoms with Crippen molar-refractivity contribution in [1.82, 2.24) is 0 Å². The summed E-state index contributed by atoms with van der Waals surface area (Å²) in [4.78, 5) is 12.4. The molecule has 0 amide bonds. The van der Waals surface area contributed by atoms with Crippen LogP contribution in [0.5, 0.6) is 0 Å². The van der Waals surface area contributed by atoms with Gasteiger partial charge < -0.3 is 4.74 Å². The summed E-state index contributed by atoms with van der Waals surface area (Å²) in [6.07, 6.45) is -5.53. The number of halogens is 3. The molecular weight excluding hydrogens is 305 g/mol. The molecular formula is C18H17F3O2. The molecule has 1 atom stereocenters. The molecule has 5 heteroatoms. The van der Waals surface area contributed by atoms with E-state index in [0.717, 1.165) is 11.1 Å². The zero-order valence-corrected chi connectivity index (χ0v) is 12.6. The van der Waals surface area contributed by atoms with Gasteiger partial charge in [0.15, 0.2) is 5.78 Å². The van der Waals surface area contributed by atoms with Crippen LogP contribution in [0.2, 0.25) is 0 Å². The Morgan fingerprint density at radius 1 is 1.04 bits per heavy atom. The summed E-state index contributed by atoms with van der Waals surface area (Å²) in [5.41, 5.74) is 2.13. The Labute approximate surface area is 132 Å². The van der Waals surface area contributed by atoms with Crippen molar-refractivity contribution < 1.29 is 22.7 Å². The monoisotopic (exact) mass is 322 g/mol. The Balaban J connectivity index is 2.17. The van der Waals surface area contributed by atoms with Crippen molar-refractivity contribution in [3.63, 3.8) is 0 Å². The summed E-state index contributed by atoms with van der Waals surface area (Å²) in [5.74, 6) is -0.449. The van der Waals surface area contributed by atoms with Crippen molar-refractivity contribution in [2.24, 2.45) is 0 Å². The van der Waals surface area contributed by atoms with E-state index in [4.69, 9.17) is 4.74 Å². The average Bonchev–Trinajstić information content (AvgIpc) is 2.52. The second-order valence-electron chi connectivity index (χ2n) is 5.33. The average molecular weight is 322 g/mol. The van der Waals surface area contributed by atoms with Gasteiger partial charge in [0, 0.05) is 12.0 Å². The van der Waals surface area contributed by atoms with E-state index in [1.54, 1.807) is 42.5 Å². The lowest BCUT2D eigenvalue weighted by Crippen LogP contribution is -2.31. The Morgan fingerprint density at radius 2 is 1.65 bits per heavy atom. The third-order valence-electron chi connectivity index (χ3n) is 3.34. The predicted octanol–water partition coefficient (Wildman–Crippen LogP) is 4.37. The van der Waals surface area contributed by atoms with E-state index in [2.05, 4.69) is 0 Å². The molecule has 2 aromatic rings. The van der Waals surface area contributed by atoms with Crippen LogP contribution in [0.4, 0.5) is 13.2 Å². The van der Waals surface area contributed by atoms with Gasteiger partial charge in [0.25, 0.3) is 0 Å². The molecule has 0 heterocycles. The number of carbonyl (C=O) groups is 1. The molecule has 0 saturated carbocycles. The van der Waals surface area contributed by atoms with E-state index in [1.165, 1.54) is 0 Å².